The summed E-state index contributed by atoms with van der Waals surface area (Å²) >= 11 is 0. The molecule has 94 valence electrons. The van der Waals surface area contributed by atoms with Crippen LogP contribution in [0.5, 0.6) is 5.75 Å². The Morgan fingerprint density at radius 3 is 2.71 bits per heavy atom. The van der Waals surface area contributed by atoms with Crippen LogP contribution in [-0.4, -0.2) is 24.4 Å². The number of rotatable bonds is 4. The normalized spacial score (nSPS) is 18.7. The smallest absolute Gasteiger partial charge is 0.120 e. The number of aliphatic hydroxyl groups is 1. The third-order valence-corrected chi connectivity index (χ3v) is 3.59. The Hall–Kier alpha value is -1.22. The van der Waals surface area contributed by atoms with Crippen molar-refractivity contribution in [3.63, 3.8) is 0 Å². The van der Waals surface area contributed by atoms with Crippen LogP contribution in [0, 0.1) is 0 Å². The van der Waals surface area contributed by atoms with Crippen LogP contribution in [0.4, 0.5) is 5.69 Å². The zero-order valence-electron chi connectivity index (χ0n) is 10.4. The average molecular weight is 235 g/mol. The minimum Gasteiger partial charge on any atom is -0.497 e. The van der Waals surface area contributed by atoms with Crippen LogP contribution in [0.1, 0.15) is 32.1 Å². The van der Waals surface area contributed by atoms with Gasteiger partial charge in [-0.1, -0.05) is 25.3 Å². The van der Waals surface area contributed by atoms with Crippen molar-refractivity contribution in [2.75, 3.05) is 19.0 Å². The molecule has 0 bridgehead atoms. The molecule has 0 aromatic heterocycles. The van der Waals surface area contributed by atoms with E-state index >= 15 is 0 Å². The monoisotopic (exact) mass is 235 g/mol. The molecule has 1 aromatic rings. The zero-order chi connectivity index (χ0) is 12.1. The van der Waals surface area contributed by atoms with Gasteiger partial charge in [0.05, 0.1) is 19.3 Å². The van der Waals surface area contributed by atoms with Crippen LogP contribution in [0.15, 0.2) is 24.3 Å². The lowest BCUT2D eigenvalue weighted by Crippen LogP contribution is -2.43. The molecule has 0 heterocycles. The fourth-order valence-electron chi connectivity index (χ4n) is 2.56. The number of anilines is 1. The number of ether oxygens (including phenoxy) is 1. The molecule has 0 spiro atoms. The minimum atomic E-state index is -0.134. The Morgan fingerprint density at radius 1 is 1.29 bits per heavy atom. The summed E-state index contributed by atoms with van der Waals surface area (Å²) < 4.78 is 5.21. The maximum Gasteiger partial charge on any atom is 0.120 e. The molecule has 0 radical (unpaired) electrons. The Labute approximate surface area is 103 Å². The van der Waals surface area contributed by atoms with Gasteiger partial charge in [-0.3, -0.25) is 0 Å². The van der Waals surface area contributed by atoms with E-state index in [-0.39, 0.29) is 12.1 Å². The van der Waals surface area contributed by atoms with Gasteiger partial charge in [0.1, 0.15) is 5.75 Å². The van der Waals surface area contributed by atoms with Gasteiger partial charge in [-0.2, -0.15) is 0 Å². The highest BCUT2D eigenvalue weighted by atomic mass is 16.5. The van der Waals surface area contributed by atoms with Gasteiger partial charge in [-0.25, -0.2) is 0 Å². The molecule has 2 rings (SSSR count). The van der Waals surface area contributed by atoms with E-state index in [1.165, 1.54) is 19.3 Å². The van der Waals surface area contributed by atoms with Crippen LogP contribution < -0.4 is 10.1 Å². The molecule has 1 aliphatic rings. The van der Waals surface area contributed by atoms with Crippen molar-refractivity contribution >= 4 is 5.69 Å². The van der Waals surface area contributed by atoms with Gasteiger partial charge < -0.3 is 15.2 Å². The summed E-state index contributed by atoms with van der Waals surface area (Å²) in [6.07, 6.45) is 5.75. The third kappa shape index (κ3) is 2.91. The van der Waals surface area contributed by atoms with Gasteiger partial charge in [0, 0.05) is 11.8 Å². The molecule has 0 aliphatic heterocycles. The van der Waals surface area contributed by atoms with Crippen LogP contribution in [0.3, 0.4) is 0 Å². The summed E-state index contributed by atoms with van der Waals surface area (Å²) in [5, 5.41) is 13.1. The molecule has 2 N–H and O–H groups in total. The highest BCUT2D eigenvalue weighted by molar-refractivity contribution is 5.50. The van der Waals surface area contributed by atoms with E-state index in [2.05, 4.69) is 5.32 Å². The Balaban J connectivity index is 2.11. The van der Waals surface area contributed by atoms with E-state index in [1.54, 1.807) is 7.11 Å². The van der Waals surface area contributed by atoms with Gasteiger partial charge in [-0.15, -0.1) is 0 Å². The highest BCUT2D eigenvalue weighted by Gasteiger charge is 2.30. The van der Waals surface area contributed by atoms with Crippen molar-refractivity contribution < 1.29 is 9.84 Å². The second-order valence-corrected chi connectivity index (χ2v) is 4.86. The summed E-state index contributed by atoms with van der Waals surface area (Å²) in [6, 6.07) is 7.90. The fraction of sp³-hybridized carbons (Fsp3) is 0.571. The second kappa shape index (κ2) is 5.41. The molecule has 1 aromatic carbocycles. The lowest BCUT2D eigenvalue weighted by molar-refractivity contribution is 0.173. The number of nitrogens with one attached hydrogen (secondary N) is 1. The van der Waals surface area contributed by atoms with Crippen LogP contribution in [0.2, 0.25) is 0 Å². The van der Waals surface area contributed by atoms with E-state index in [9.17, 15) is 5.11 Å². The predicted molar refractivity (Wildman–Crippen MR) is 69.5 cm³/mol. The maximum absolute atomic E-state index is 9.64. The summed E-state index contributed by atoms with van der Waals surface area (Å²) in [5.74, 6) is 0.846. The summed E-state index contributed by atoms with van der Waals surface area (Å²) in [5.41, 5.74) is 0.894. The largest absolute Gasteiger partial charge is 0.497 e. The number of benzene rings is 1. The first kappa shape index (κ1) is 12.2. The van der Waals surface area contributed by atoms with Crippen LogP contribution in [-0.2, 0) is 0 Å². The number of methoxy groups -OCH3 is 1. The Morgan fingerprint density at radius 2 is 2.06 bits per heavy atom. The lowest BCUT2D eigenvalue weighted by Gasteiger charge is -2.37. The molecule has 0 unspecified atom stereocenters. The molecule has 3 heteroatoms. The highest BCUT2D eigenvalue weighted by Crippen LogP contribution is 2.32. The predicted octanol–water partition coefficient (Wildman–Crippen LogP) is 2.80. The topological polar surface area (TPSA) is 41.5 Å². The number of aliphatic hydroxyl groups excluding tert-OH is 1. The molecule has 17 heavy (non-hydrogen) atoms. The first-order valence-electron chi connectivity index (χ1n) is 6.31. The SMILES string of the molecule is COc1cccc(NC2(CO)CCCCC2)c1. The second-order valence-electron chi connectivity index (χ2n) is 4.86. The molecule has 0 amide bonds. The molecule has 0 saturated heterocycles. The summed E-state index contributed by atoms with van der Waals surface area (Å²) in [6.45, 7) is 0.199. The molecule has 1 fully saturated rings. The van der Waals surface area contributed by atoms with Gasteiger partial charge in [0.15, 0.2) is 0 Å². The lowest BCUT2D eigenvalue weighted by atomic mass is 9.82. The van der Waals surface area contributed by atoms with Crippen molar-refractivity contribution in [3.8, 4) is 5.75 Å². The van der Waals surface area contributed by atoms with Crippen molar-refractivity contribution in [1.82, 2.24) is 0 Å². The Bertz CT molecular complexity index is 359. The van der Waals surface area contributed by atoms with Gasteiger partial charge in [0.25, 0.3) is 0 Å². The number of hydrogen-bond donors (Lipinski definition) is 2. The molecule has 3 nitrogen and oxygen atoms in total. The molecule has 0 atom stereocenters. The van der Waals surface area contributed by atoms with Gasteiger partial charge in [-0.05, 0) is 25.0 Å². The Kier molecular flexibility index (Phi) is 3.89. The van der Waals surface area contributed by atoms with Crippen molar-refractivity contribution in [2.45, 2.75) is 37.6 Å². The molecule has 1 aliphatic carbocycles. The van der Waals surface area contributed by atoms with E-state index < -0.39 is 0 Å². The van der Waals surface area contributed by atoms with Gasteiger partial charge in [0.2, 0.25) is 0 Å². The molecular formula is C14H21NO2. The average Bonchev–Trinajstić information content (AvgIpc) is 2.40. The summed E-state index contributed by atoms with van der Waals surface area (Å²) in [7, 11) is 1.67. The first-order valence-corrected chi connectivity index (χ1v) is 6.31. The quantitative estimate of drug-likeness (QED) is 0.843. The van der Waals surface area contributed by atoms with E-state index in [0.717, 1.165) is 24.3 Å². The first-order chi connectivity index (χ1) is 8.28. The maximum atomic E-state index is 9.64. The third-order valence-electron chi connectivity index (χ3n) is 3.59. The van der Waals surface area contributed by atoms with Crippen LogP contribution in [0.25, 0.3) is 0 Å². The number of hydrogen-bond acceptors (Lipinski definition) is 3. The van der Waals surface area contributed by atoms with E-state index in [0.29, 0.717) is 0 Å². The fourth-order valence-corrected chi connectivity index (χ4v) is 2.56. The van der Waals surface area contributed by atoms with Crippen LogP contribution >= 0.6 is 0 Å². The zero-order valence-corrected chi connectivity index (χ0v) is 10.4. The van der Waals surface area contributed by atoms with Crippen molar-refractivity contribution in [1.29, 1.82) is 0 Å². The summed E-state index contributed by atoms with van der Waals surface area (Å²) in [4.78, 5) is 0. The van der Waals surface area contributed by atoms with Gasteiger partial charge >= 0.3 is 0 Å². The van der Waals surface area contributed by atoms with E-state index in [4.69, 9.17) is 4.74 Å². The molecule has 1 saturated carbocycles. The van der Waals surface area contributed by atoms with Crippen molar-refractivity contribution in [3.05, 3.63) is 24.3 Å². The minimum absolute atomic E-state index is 0.134. The van der Waals surface area contributed by atoms with E-state index in [1.807, 2.05) is 24.3 Å². The standard InChI is InChI=1S/C14H21NO2/c1-17-13-7-5-6-12(10-13)15-14(11-16)8-3-2-4-9-14/h5-7,10,15-16H,2-4,8-9,11H2,1H3. The van der Waals surface area contributed by atoms with Crippen molar-refractivity contribution in [2.24, 2.45) is 0 Å². The molecular weight excluding hydrogens is 214 g/mol.